The van der Waals surface area contributed by atoms with Crippen LogP contribution in [0.1, 0.15) is 58.4 Å². The standard InChI is InChI=1S/C24H27N5O3/c1-16(2)19-13-20(28-27-19)24(31)29-12-10-18(14-29)26-23(30)22-21(9-6-11-25-22)32-15-17-7-4-3-5-8-17/h3-9,11,13,16,18H,10,12,14-15H2,1-2H3,(H,26,30)(H,27,28). The number of hydrogen-bond donors (Lipinski definition) is 2. The van der Waals surface area contributed by atoms with E-state index in [1.807, 2.05) is 44.2 Å². The average molecular weight is 434 g/mol. The van der Waals surface area contributed by atoms with Crippen LogP contribution in [0.4, 0.5) is 0 Å². The number of aromatic nitrogens is 3. The molecule has 0 bridgehead atoms. The number of ether oxygens (including phenoxy) is 1. The predicted octanol–water partition coefficient (Wildman–Crippen LogP) is 3.15. The summed E-state index contributed by atoms with van der Waals surface area (Å²) in [5.41, 5.74) is 2.58. The molecule has 2 N–H and O–H groups in total. The van der Waals surface area contributed by atoms with Gasteiger partial charge in [-0.3, -0.25) is 14.7 Å². The van der Waals surface area contributed by atoms with E-state index in [2.05, 4.69) is 20.5 Å². The highest BCUT2D eigenvalue weighted by atomic mass is 16.5. The van der Waals surface area contributed by atoms with Gasteiger partial charge in [0.15, 0.2) is 11.4 Å². The fraction of sp³-hybridized carbons (Fsp3) is 0.333. The maximum Gasteiger partial charge on any atom is 0.274 e. The molecular weight excluding hydrogens is 406 g/mol. The van der Waals surface area contributed by atoms with Crippen molar-refractivity contribution in [2.75, 3.05) is 13.1 Å². The zero-order chi connectivity index (χ0) is 22.5. The third-order valence-electron chi connectivity index (χ3n) is 5.45. The van der Waals surface area contributed by atoms with Crippen LogP contribution in [0.25, 0.3) is 0 Å². The summed E-state index contributed by atoms with van der Waals surface area (Å²) < 4.78 is 5.85. The van der Waals surface area contributed by atoms with Crippen LogP contribution < -0.4 is 10.1 Å². The summed E-state index contributed by atoms with van der Waals surface area (Å²) in [7, 11) is 0. The van der Waals surface area contributed by atoms with Gasteiger partial charge in [-0.25, -0.2) is 4.98 Å². The maximum atomic E-state index is 12.9. The SMILES string of the molecule is CC(C)c1cc(C(=O)N2CCC(NC(=O)c3ncccc3OCc3ccccc3)C2)[nH]n1. The van der Waals surface area contributed by atoms with Gasteiger partial charge in [0, 0.05) is 25.3 Å². The number of carbonyl (C=O) groups excluding carboxylic acids is 2. The van der Waals surface area contributed by atoms with E-state index in [0.29, 0.717) is 37.6 Å². The highest BCUT2D eigenvalue weighted by Gasteiger charge is 2.30. The first-order chi connectivity index (χ1) is 15.5. The first-order valence-electron chi connectivity index (χ1n) is 10.8. The van der Waals surface area contributed by atoms with E-state index < -0.39 is 0 Å². The second-order valence-electron chi connectivity index (χ2n) is 8.20. The van der Waals surface area contributed by atoms with Crippen LogP contribution in [-0.4, -0.2) is 51.0 Å². The molecule has 8 heteroatoms. The van der Waals surface area contributed by atoms with Gasteiger partial charge in [-0.2, -0.15) is 5.10 Å². The summed E-state index contributed by atoms with van der Waals surface area (Å²) in [6, 6.07) is 14.9. The van der Waals surface area contributed by atoms with E-state index in [1.165, 1.54) is 0 Å². The molecular formula is C24H27N5O3. The molecule has 8 nitrogen and oxygen atoms in total. The van der Waals surface area contributed by atoms with E-state index >= 15 is 0 Å². The summed E-state index contributed by atoms with van der Waals surface area (Å²) in [5.74, 6) is 0.260. The van der Waals surface area contributed by atoms with Crippen molar-refractivity contribution in [1.29, 1.82) is 0 Å². The number of carbonyl (C=O) groups is 2. The third kappa shape index (κ3) is 4.96. The van der Waals surface area contributed by atoms with E-state index in [4.69, 9.17) is 4.74 Å². The molecule has 1 atom stereocenters. The zero-order valence-corrected chi connectivity index (χ0v) is 18.2. The fourth-order valence-corrected chi connectivity index (χ4v) is 3.64. The van der Waals surface area contributed by atoms with Gasteiger partial charge in [0.1, 0.15) is 12.3 Å². The van der Waals surface area contributed by atoms with Crippen LogP contribution >= 0.6 is 0 Å². The van der Waals surface area contributed by atoms with Crippen LogP contribution in [0, 0.1) is 0 Å². The molecule has 32 heavy (non-hydrogen) atoms. The van der Waals surface area contributed by atoms with E-state index in [0.717, 1.165) is 11.3 Å². The number of benzene rings is 1. The lowest BCUT2D eigenvalue weighted by Gasteiger charge is -2.17. The Hall–Kier alpha value is -3.68. The van der Waals surface area contributed by atoms with Gasteiger partial charge < -0.3 is 15.0 Å². The first kappa shape index (κ1) is 21.5. The second kappa shape index (κ2) is 9.64. The molecule has 1 aliphatic heterocycles. The molecule has 3 heterocycles. The van der Waals surface area contributed by atoms with Gasteiger partial charge in [-0.05, 0) is 36.1 Å². The average Bonchev–Trinajstić information content (AvgIpc) is 3.48. The van der Waals surface area contributed by atoms with Crippen LogP contribution in [0.3, 0.4) is 0 Å². The second-order valence-corrected chi connectivity index (χ2v) is 8.20. The summed E-state index contributed by atoms with van der Waals surface area (Å²) in [4.78, 5) is 31.6. The highest BCUT2D eigenvalue weighted by molar-refractivity contribution is 5.95. The Morgan fingerprint density at radius 3 is 2.78 bits per heavy atom. The van der Waals surface area contributed by atoms with Gasteiger partial charge in [0.05, 0.1) is 5.69 Å². The molecule has 3 aromatic rings. The molecule has 1 aliphatic rings. The number of nitrogens with one attached hydrogen (secondary N) is 2. The Morgan fingerprint density at radius 1 is 1.22 bits per heavy atom. The number of amides is 2. The zero-order valence-electron chi connectivity index (χ0n) is 18.2. The minimum atomic E-state index is -0.309. The number of hydrogen-bond acceptors (Lipinski definition) is 5. The highest BCUT2D eigenvalue weighted by Crippen LogP contribution is 2.20. The molecule has 1 saturated heterocycles. The van der Waals surface area contributed by atoms with Crippen molar-refractivity contribution in [3.05, 3.63) is 77.4 Å². The molecule has 0 aliphatic carbocycles. The van der Waals surface area contributed by atoms with Crippen LogP contribution in [-0.2, 0) is 6.61 Å². The van der Waals surface area contributed by atoms with Crippen LogP contribution in [0.2, 0.25) is 0 Å². The molecule has 4 rings (SSSR count). The first-order valence-corrected chi connectivity index (χ1v) is 10.8. The van der Waals surface area contributed by atoms with Gasteiger partial charge >= 0.3 is 0 Å². The van der Waals surface area contributed by atoms with Gasteiger partial charge in [-0.1, -0.05) is 44.2 Å². The van der Waals surface area contributed by atoms with Crippen molar-refractivity contribution in [3.63, 3.8) is 0 Å². The van der Waals surface area contributed by atoms with Crippen molar-refractivity contribution in [1.82, 2.24) is 25.4 Å². The summed E-state index contributed by atoms with van der Waals surface area (Å²) >= 11 is 0. The quantitative estimate of drug-likeness (QED) is 0.596. The van der Waals surface area contributed by atoms with Crippen molar-refractivity contribution in [3.8, 4) is 5.75 Å². The Labute approximate surface area is 187 Å². The van der Waals surface area contributed by atoms with Crippen LogP contribution in [0.15, 0.2) is 54.7 Å². The van der Waals surface area contributed by atoms with E-state index in [-0.39, 0.29) is 29.5 Å². The number of pyridine rings is 1. The number of aromatic amines is 1. The molecule has 1 unspecified atom stereocenters. The molecule has 166 valence electrons. The molecule has 0 spiro atoms. The molecule has 2 aromatic heterocycles. The van der Waals surface area contributed by atoms with Gasteiger partial charge in [0.25, 0.3) is 11.8 Å². The monoisotopic (exact) mass is 433 g/mol. The normalized spacial score (nSPS) is 15.7. The molecule has 0 radical (unpaired) electrons. The van der Waals surface area contributed by atoms with Crippen molar-refractivity contribution in [2.24, 2.45) is 0 Å². The largest absolute Gasteiger partial charge is 0.486 e. The Bertz CT molecular complexity index is 1080. The van der Waals surface area contributed by atoms with Crippen molar-refractivity contribution >= 4 is 11.8 Å². The lowest BCUT2D eigenvalue weighted by molar-refractivity contribution is 0.0777. The Morgan fingerprint density at radius 2 is 2.03 bits per heavy atom. The number of likely N-dealkylation sites (tertiary alicyclic amines) is 1. The third-order valence-corrected chi connectivity index (χ3v) is 5.45. The number of rotatable bonds is 7. The molecule has 2 amide bonds. The predicted molar refractivity (Wildman–Crippen MR) is 119 cm³/mol. The van der Waals surface area contributed by atoms with Gasteiger partial charge in [-0.15, -0.1) is 0 Å². The van der Waals surface area contributed by atoms with Gasteiger partial charge in [0.2, 0.25) is 0 Å². The van der Waals surface area contributed by atoms with E-state index in [1.54, 1.807) is 29.3 Å². The summed E-state index contributed by atoms with van der Waals surface area (Å²) in [5, 5.41) is 10.0. The smallest absolute Gasteiger partial charge is 0.274 e. The van der Waals surface area contributed by atoms with Crippen molar-refractivity contribution < 1.29 is 14.3 Å². The number of nitrogens with zero attached hydrogens (tertiary/aromatic N) is 3. The molecule has 1 fully saturated rings. The van der Waals surface area contributed by atoms with Crippen molar-refractivity contribution in [2.45, 2.75) is 38.8 Å². The minimum absolute atomic E-state index is 0.106. The topological polar surface area (TPSA) is 100 Å². The lowest BCUT2D eigenvalue weighted by Crippen LogP contribution is -2.39. The minimum Gasteiger partial charge on any atom is -0.486 e. The summed E-state index contributed by atoms with van der Waals surface area (Å²) in [6.07, 6.45) is 2.25. The van der Waals surface area contributed by atoms with Crippen LogP contribution in [0.5, 0.6) is 5.75 Å². The number of H-pyrrole nitrogens is 1. The summed E-state index contributed by atoms with van der Waals surface area (Å²) in [6.45, 7) is 5.41. The fourth-order valence-electron chi connectivity index (χ4n) is 3.64. The lowest BCUT2D eigenvalue weighted by atomic mass is 10.1. The van der Waals surface area contributed by atoms with E-state index in [9.17, 15) is 9.59 Å². The Balaban J connectivity index is 1.36. The maximum absolute atomic E-state index is 12.9. The molecule has 0 saturated carbocycles. The molecule has 1 aromatic carbocycles. The Kier molecular flexibility index (Phi) is 6.49.